The van der Waals surface area contributed by atoms with Crippen LogP contribution < -0.4 is 0 Å². The van der Waals surface area contributed by atoms with Crippen LogP contribution in [0.1, 0.15) is 44.7 Å². The van der Waals surface area contributed by atoms with Crippen LogP contribution in [0.25, 0.3) is 0 Å². The predicted octanol–water partition coefficient (Wildman–Crippen LogP) is 1.86. The third-order valence-electron chi connectivity index (χ3n) is 4.54. The van der Waals surface area contributed by atoms with Crippen LogP contribution in [0.3, 0.4) is 0 Å². The predicted molar refractivity (Wildman–Crippen MR) is 94.9 cm³/mol. The monoisotopic (exact) mass is 371 g/mol. The van der Waals surface area contributed by atoms with E-state index in [9.17, 15) is 13.2 Å². The summed E-state index contributed by atoms with van der Waals surface area (Å²) < 4.78 is 31.0. The van der Waals surface area contributed by atoms with Gasteiger partial charge in [-0.3, -0.25) is 9.69 Å². The number of carbonyl (C=O) groups excluding carboxylic acids is 1. The fraction of sp³-hybridized carbons (Fsp3) is 0.765. The average Bonchev–Trinajstić information content (AvgIpc) is 2.91. The van der Waals surface area contributed by atoms with E-state index in [1.165, 1.54) is 25.5 Å². The van der Waals surface area contributed by atoms with Crippen molar-refractivity contribution in [1.82, 2.24) is 14.5 Å². The molecule has 8 heteroatoms. The maximum absolute atomic E-state index is 12.1. The molecule has 0 saturated heterocycles. The van der Waals surface area contributed by atoms with Gasteiger partial charge in [-0.05, 0) is 32.7 Å². The van der Waals surface area contributed by atoms with Gasteiger partial charge in [-0.1, -0.05) is 19.3 Å². The lowest BCUT2D eigenvalue weighted by Gasteiger charge is -2.24. The smallest absolute Gasteiger partial charge is 0.320 e. The summed E-state index contributed by atoms with van der Waals surface area (Å²) in [4.78, 5) is 17.6. The van der Waals surface area contributed by atoms with Crippen molar-refractivity contribution in [2.24, 2.45) is 5.92 Å². The SMILES string of the molecule is CCOC(=O)CN(C)Cc1cnc(S(C)(=O)=O)n1CC1CCCCC1. The molecule has 7 nitrogen and oxygen atoms in total. The number of carbonyl (C=O) groups is 1. The van der Waals surface area contributed by atoms with E-state index in [-0.39, 0.29) is 17.7 Å². The zero-order valence-corrected chi connectivity index (χ0v) is 16.2. The van der Waals surface area contributed by atoms with Gasteiger partial charge in [0, 0.05) is 19.3 Å². The molecule has 25 heavy (non-hydrogen) atoms. The Morgan fingerprint density at radius 3 is 2.64 bits per heavy atom. The molecule has 1 heterocycles. The van der Waals surface area contributed by atoms with Gasteiger partial charge in [-0.2, -0.15) is 0 Å². The lowest BCUT2D eigenvalue weighted by Crippen LogP contribution is -2.29. The number of sulfone groups is 1. The fourth-order valence-electron chi connectivity index (χ4n) is 3.40. The van der Waals surface area contributed by atoms with Gasteiger partial charge in [-0.25, -0.2) is 13.4 Å². The molecule has 2 rings (SSSR count). The van der Waals surface area contributed by atoms with Gasteiger partial charge in [-0.15, -0.1) is 0 Å². The number of ether oxygens (including phenoxy) is 1. The minimum absolute atomic E-state index is 0.123. The molecule has 0 atom stereocenters. The van der Waals surface area contributed by atoms with Gasteiger partial charge >= 0.3 is 5.97 Å². The first kappa shape index (κ1) is 19.9. The molecular weight excluding hydrogens is 342 g/mol. The number of imidazole rings is 1. The highest BCUT2D eigenvalue weighted by Crippen LogP contribution is 2.27. The Morgan fingerprint density at radius 1 is 1.36 bits per heavy atom. The topological polar surface area (TPSA) is 81.5 Å². The number of rotatable bonds is 8. The van der Waals surface area contributed by atoms with Crippen molar-refractivity contribution in [2.75, 3.05) is 26.5 Å². The highest BCUT2D eigenvalue weighted by molar-refractivity contribution is 7.90. The first-order valence-electron chi connectivity index (χ1n) is 8.90. The second kappa shape index (κ2) is 8.80. The number of hydrogen-bond donors (Lipinski definition) is 0. The van der Waals surface area contributed by atoms with Crippen LogP contribution in [0.15, 0.2) is 11.4 Å². The van der Waals surface area contributed by atoms with Crippen molar-refractivity contribution in [3.63, 3.8) is 0 Å². The van der Waals surface area contributed by atoms with E-state index in [1.54, 1.807) is 13.1 Å². The van der Waals surface area contributed by atoms with Crippen molar-refractivity contribution in [1.29, 1.82) is 0 Å². The minimum Gasteiger partial charge on any atom is -0.465 e. The van der Waals surface area contributed by atoms with Crippen LogP contribution >= 0.6 is 0 Å². The van der Waals surface area contributed by atoms with E-state index in [4.69, 9.17) is 4.74 Å². The first-order chi connectivity index (χ1) is 11.8. The molecule has 142 valence electrons. The molecule has 0 radical (unpaired) electrons. The molecule has 0 spiro atoms. The summed E-state index contributed by atoms with van der Waals surface area (Å²) in [5, 5.41) is 0.123. The largest absolute Gasteiger partial charge is 0.465 e. The lowest BCUT2D eigenvalue weighted by molar-refractivity contribution is -0.144. The van der Waals surface area contributed by atoms with Gasteiger partial charge in [0.25, 0.3) is 0 Å². The van der Waals surface area contributed by atoms with E-state index >= 15 is 0 Å². The Bertz CT molecular complexity index is 678. The summed E-state index contributed by atoms with van der Waals surface area (Å²) in [6.07, 6.45) is 8.71. The number of nitrogens with zero attached hydrogens (tertiary/aromatic N) is 3. The standard InChI is InChI=1S/C17H29N3O4S/c1-4-24-16(21)13-19(2)12-15-10-18-17(25(3,22)23)20(15)11-14-8-6-5-7-9-14/h10,14H,4-9,11-13H2,1-3H3. The normalized spacial score (nSPS) is 16.3. The van der Waals surface area contributed by atoms with Crippen molar-refractivity contribution < 1.29 is 17.9 Å². The van der Waals surface area contributed by atoms with Gasteiger partial charge in [0.05, 0.1) is 25.0 Å². The van der Waals surface area contributed by atoms with E-state index in [0.717, 1.165) is 18.5 Å². The van der Waals surface area contributed by atoms with Crippen LogP contribution in [0.4, 0.5) is 0 Å². The van der Waals surface area contributed by atoms with Crippen molar-refractivity contribution in [3.8, 4) is 0 Å². The highest BCUT2D eigenvalue weighted by atomic mass is 32.2. The van der Waals surface area contributed by atoms with Gasteiger partial charge < -0.3 is 9.30 Å². The lowest BCUT2D eigenvalue weighted by atomic mass is 9.89. The summed E-state index contributed by atoms with van der Waals surface area (Å²) in [6.45, 7) is 3.41. The quantitative estimate of drug-likeness (QED) is 0.649. The third-order valence-corrected chi connectivity index (χ3v) is 5.52. The molecule has 1 saturated carbocycles. The molecule has 0 unspecified atom stereocenters. The Morgan fingerprint density at radius 2 is 2.04 bits per heavy atom. The van der Waals surface area contributed by atoms with Crippen LogP contribution in [0.5, 0.6) is 0 Å². The maximum atomic E-state index is 12.1. The fourth-order valence-corrected chi connectivity index (χ4v) is 4.23. The van der Waals surface area contributed by atoms with E-state index < -0.39 is 9.84 Å². The van der Waals surface area contributed by atoms with Crippen molar-refractivity contribution >= 4 is 15.8 Å². The molecular formula is C17H29N3O4S. The molecule has 0 N–H and O–H groups in total. The van der Waals surface area contributed by atoms with Crippen molar-refractivity contribution in [3.05, 3.63) is 11.9 Å². The second-order valence-electron chi connectivity index (χ2n) is 6.90. The number of esters is 1. The number of aromatic nitrogens is 2. The molecule has 1 fully saturated rings. The molecule has 0 amide bonds. The Balaban J connectivity index is 2.16. The van der Waals surface area contributed by atoms with Crippen LogP contribution in [-0.2, 0) is 32.5 Å². The molecule has 0 bridgehead atoms. The second-order valence-corrected chi connectivity index (χ2v) is 8.81. The zero-order valence-electron chi connectivity index (χ0n) is 15.4. The van der Waals surface area contributed by atoms with Gasteiger partial charge in [0.1, 0.15) is 0 Å². The van der Waals surface area contributed by atoms with Crippen molar-refractivity contribution in [2.45, 2.75) is 57.3 Å². The summed E-state index contributed by atoms with van der Waals surface area (Å²) >= 11 is 0. The van der Waals surface area contributed by atoms with Gasteiger partial charge in [0.2, 0.25) is 15.0 Å². The minimum atomic E-state index is -3.39. The molecule has 0 aromatic carbocycles. The highest BCUT2D eigenvalue weighted by Gasteiger charge is 2.23. The van der Waals surface area contributed by atoms with E-state index in [0.29, 0.717) is 25.6 Å². The third kappa shape index (κ3) is 5.81. The van der Waals surface area contributed by atoms with Crippen LogP contribution in [-0.4, -0.2) is 55.3 Å². The first-order valence-corrected chi connectivity index (χ1v) is 10.8. The molecule has 0 aliphatic heterocycles. The Labute approximate surface area is 150 Å². The molecule has 1 aromatic heterocycles. The van der Waals surface area contributed by atoms with Crippen LogP contribution in [0, 0.1) is 5.92 Å². The maximum Gasteiger partial charge on any atom is 0.320 e. The Hall–Kier alpha value is -1.41. The summed E-state index contributed by atoms with van der Waals surface area (Å²) in [7, 11) is -1.57. The van der Waals surface area contributed by atoms with Crippen LogP contribution in [0.2, 0.25) is 0 Å². The number of hydrogen-bond acceptors (Lipinski definition) is 6. The Kier molecular flexibility index (Phi) is 7.01. The van der Waals surface area contributed by atoms with Gasteiger partial charge in [0.15, 0.2) is 0 Å². The summed E-state index contributed by atoms with van der Waals surface area (Å²) in [5.41, 5.74) is 0.817. The molecule has 1 aromatic rings. The average molecular weight is 372 g/mol. The van der Waals surface area contributed by atoms with E-state index in [2.05, 4.69) is 4.98 Å². The molecule has 1 aliphatic carbocycles. The zero-order chi connectivity index (χ0) is 18.4. The number of likely N-dealkylation sites (N-methyl/N-ethyl adjacent to an activating group) is 1. The molecule has 1 aliphatic rings. The summed E-state index contributed by atoms with van der Waals surface area (Å²) in [5.74, 6) is 0.198. The summed E-state index contributed by atoms with van der Waals surface area (Å²) in [6, 6.07) is 0. The van der Waals surface area contributed by atoms with E-state index in [1.807, 2.05) is 16.5 Å².